The zero-order valence-electron chi connectivity index (χ0n) is 17.2. The van der Waals surface area contributed by atoms with E-state index in [9.17, 15) is 5.11 Å². The molecule has 3 nitrogen and oxygen atoms in total. The number of hydrogen-bond acceptors (Lipinski definition) is 3. The van der Waals surface area contributed by atoms with Gasteiger partial charge in [0.05, 0.1) is 0 Å². The quantitative estimate of drug-likeness (QED) is 0.658. The van der Waals surface area contributed by atoms with Crippen LogP contribution in [0.2, 0.25) is 0 Å². The number of nitrogens with one attached hydrogen (secondary N) is 1. The number of rotatable bonds is 6. The molecular weight excluding hydrogens is 346 g/mol. The lowest BCUT2D eigenvalue weighted by Gasteiger charge is -2.21. The molecule has 0 saturated heterocycles. The highest BCUT2D eigenvalue weighted by Gasteiger charge is 2.12. The molecule has 3 heteroatoms. The number of aliphatic hydroxyl groups excluding tert-OH is 1. The molecule has 1 fully saturated rings. The van der Waals surface area contributed by atoms with Gasteiger partial charge < -0.3 is 15.2 Å². The van der Waals surface area contributed by atoms with Crippen LogP contribution >= 0.6 is 0 Å². The predicted octanol–water partition coefficient (Wildman–Crippen LogP) is 5.84. The Morgan fingerprint density at radius 3 is 2.11 bits per heavy atom. The van der Waals surface area contributed by atoms with E-state index in [0.717, 1.165) is 5.75 Å². The summed E-state index contributed by atoms with van der Waals surface area (Å²) in [4.78, 5) is 0. The third kappa shape index (κ3) is 7.44. The van der Waals surface area contributed by atoms with Crippen LogP contribution in [-0.2, 0) is 0 Å². The molecule has 1 unspecified atom stereocenters. The topological polar surface area (TPSA) is 41.5 Å². The molecule has 154 valence electrons. The third-order valence-corrected chi connectivity index (χ3v) is 5.91. The minimum atomic E-state index is -0.479. The molecule has 2 aromatic carbocycles. The van der Waals surface area contributed by atoms with Gasteiger partial charge in [-0.1, -0.05) is 88.1 Å². The van der Waals surface area contributed by atoms with Crippen molar-refractivity contribution in [3.05, 3.63) is 42.5 Å². The van der Waals surface area contributed by atoms with E-state index in [2.05, 4.69) is 23.5 Å². The normalized spacial score (nSPS) is 18.9. The van der Waals surface area contributed by atoms with Crippen LogP contribution in [0.4, 0.5) is 0 Å². The van der Waals surface area contributed by atoms with Crippen LogP contribution in [0, 0.1) is 0 Å². The molecule has 1 saturated carbocycles. The Bertz CT molecular complexity index is 675. The monoisotopic (exact) mass is 383 g/mol. The zero-order valence-corrected chi connectivity index (χ0v) is 17.2. The minimum absolute atomic E-state index is 0.331. The molecular formula is C25H37NO2. The van der Waals surface area contributed by atoms with Crippen molar-refractivity contribution < 1.29 is 9.84 Å². The van der Waals surface area contributed by atoms with Gasteiger partial charge in [-0.15, -0.1) is 0 Å². The molecule has 1 atom stereocenters. The van der Waals surface area contributed by atoms with Crippen molar-refractivity contribution in [3.8, 4) is 5.75 Å². The molecule has 0 aliphatic heterocycles. The lowest BCUT2D eigenvalue weighted by atomic mass is 9.98. The average molecular weight is 384 g/mol. The highest BCUT2D eigenvalue weighted by atomic mass is 16.5. The Labute approximate surface area is 170 Å². The number of ether oxygens (including phenoxy) is 1. The molecule has 1 aliphatic carbocycles. The van der Waals surface area contributed by atoms with Crippen molar-refractivity contribution in [1.82, 2.24) is 5.32 Å². The summed E-state index contributed by atoms with van der Waals surface area (Å²) in [6.45, 7) is 0.941. The van der Waals surface area contributed by atoms with E-state index in [1.54, 1.807) is 0 Å². The van der Waals surface area contributed by atoms with Gasteiger partial charge in [-0.2, -0.15) is 0 Å². The van der Waals surface area contributed by atoms with Gasteiger partial charge in [-0.05, 0) is 35.7 Å². The van der Waals surface area contributed by atoms with Crippen LogP contribution < -0.4 is 10.1 Å². The van der Waals surface area contributed by atoms with E-state index in [1.807, 2.05) is 24.3 Å². The Morgan fingerprint density at radius 2 is 1.43 bits per heavy atom. The maximum absolute atomic E-state index is 10.4. The van der Waals surface area contributed by atoms with Gasteiger partial charge >= 0.3 is 0 Å². The second kappa shape index (κ2) is 12.1. The number of fused-ring (bicyclic) bond motifs is 1. The largest absolute Gasteiger partial charge is 0.491 e. The fourth-order valence-corrected chi connectivity index (χ4v) is 4.18. The second-order valence-corrected chi connectivity index (χ2v) is 8.34. The second-order valence-electron chi connectivity index (χ2n) is 8.34. The summed E-state index contributed by atoms with van der Waals surface area (Å²) in [6, 6.07) is 14.9. The standard InChI is InChI=1S/C25H37NO2/c27-24(20-28-25-17-16-21-12-10-11-13-22(21)18-25)19-26-23-14-8-6-4-2-1-3-5-7-9-15-23/h10-13,16-18,23-24,26-27H,1-9,14-15,19-20H2. The lowest BCUT2D eigenvalue weighted by Crippen LogP contribution is -2.38. The van der Waals surface area contributed by atoms with Crippen LogP contribution in [-0.4, -0.2) is 30.4 Å². The zero-order chi connectivity index (χ0) is 19.4. The summed E-state index contributed by atoms with van der Waals surface area (Å²) in [5.74, 6) is 0.823. The van der Waals surface area contributed by atoms with Gasteiger partial charge in [-0.3, -0.25) is 0 Å². The molecule has 0 heterocycles. The summed E-state index contributed by atoms with van der Waals surface area (Å²) < 4.78 is 5.84. The van der Waals surface area contributed by atoms with E-state index in [4.69, 9.17) is 4.74 Å². The molecule has 3 rings (SSSR count). The molecule has 0 aromatic heterocycles. The van der Waals surface area contributed by atoms with Gasteiger partial charge in [0.2, 0.25) is 0 Å². The van der Waals surface area contributed by atoms with Crippen molar-refractivity contribution in [3.63, 3.8) is 0 Å². The van der Waals surface area contributed by atoms with Crippen LogP contribution in [0.15, 0.2) is 42.5 Å². The minimum Gasteiger partial charge on any atom is -0.491 e. The Kier molecular flexibility index (Phi) is 9.12. The molecule has 2 aromatic rings. The molecule has 0 bridgehead atoms. The summed E-state index contributed by atoms with van der Waals surface area (Å²) >= 11 is 0. The van der Waals surface area contributed by atoms with Crippen molar-refractivity contribution in [2.24, 2.45) is 0 Å². The molecule has 28 heavy (non-hydrogen) atoms. The summed E-state index contributed by atoms with van der Waals surface area (Å²) in [5, 5.41) is 16.4. The maximum Gasteiger partial charge on any atom is 0.120 e. The SMILES string of the molecule is OC(CNC1CCCCCCCCCCC1)COc1ccc2ccccc2c1. The van der Waals surface area contributed by atoms with E-state index in [1.165, 1.54) is 81.4 Å². The van der Waals surface area contributed by atoms with E-state index < -0.39 is 6.10 Å². The van der Waals surface area contributed by atoms with E-state index >= 15 is 0 Å². The molecule has 0 radical (unpaired) electrons. The smallest absolute Gasteiger partial charge is 0.120 e. The van der Waals surface area contributed by atoms with Crippen LogP contribution in [0.3, 0.4) is 0 Å². The lowest BCUT2D eigenvalue weighted by molar-refractivity contribution is 0.102. The first kappa shape index (κ1) is 21.1. The van der Waals surface area contributed by atoms with Crippen molar-refractivity contribution in [2.75, 3.05) is 13.2 Å². The number of hydrogen-bond donors (Lipinski definition) is 2. The summed E-state index contributed by atoms with van der Waals surface area (Å²) in [7, 11) is 0. The molecule has 0 spiro atoms. The fraction of sp³-hybridized carbons (Fsp3) is 0.600. The predicted molar refractivity (Wildman–Crippen MR) is 118 cm³/mol. The maximum atomic E-state index is 10.4. The van der Waals surface area contributed by atoms with Gasteiger partial charge in [0.15, 0.2) is 0 Å². The Balaban J connectivity index is 1.40. The van der Waals surface area contributed by atoms with E-state index in [-0.39, 0.29) is 0 Å². The Morgan fingerprint density at radius 1 is 0.821 bits per heavy atom. The number of aliphatic hydroxyl groups is 1. The molecule has 0 amide bonds. The first-order valence-corrected chi connectivity index (χ1v) is 11.3. The highest BCUT2D eigenvalue weighted by Crippen LogP contribution is 2.21. The van der Waals surface area contributed by atoms with Gasteiger partial charge in [0.25, 0.3) is 0 Å². The molecule has 2 N–H and O–H groups in total. The van der Waals surface area contributed by atoms with Gasteiger partial charge in [0, 0.05) is 12.6 Å². The highest BCUT2D eigenvalue weighted by molar-refractivity contribution is 5.83. The van der Waals surface area contributed by atoms with Crippen LogP contribution in [0.5, 0.6) is 5.75 Å². The van der Waals surface area contributed by atoms with Crippen molar-refractivity contribution >= 4 is 10.8 Å². The van der Waals surface area contributed by atoms with Gasteiger partial charge in [-0.25, -0.2) is 0 Å². The van der Waals surface area contributed by atoms with Crippen molar-refractivity contribution in [2.45, 2.75) is 82.8 Å². The van der Waals surface area contributed by atoms with Crippen LogP contribution in [0.25, 0.3) is 10.8 Å². The van der Waals surface area contributed by atoms with E-state index in [0.29, 0.717) is 19.2 Å². The number of benzene rings is 2. The fourth-order valence-electron chi connectivity index (χ4n) is 4.18. The third-order valence-electron chi connectivity index (χ3n) is 5.91. The molecule has 1 aliphatic rings. The van der Waals surface area contributed by atoms with Crippen molar-refractivity contribution in [1.29, 1.82) is 0 Å². The van der Waals surface area contributed by atoms with Gasteiger partial charge in [0.1, 0.15) is 18.5 Å². The Hall–Kier alpha value is -1.58. The summed E-state index contributed by atoms with van der Waals surface area (Å²) in [6.07, 6.45) is 14.3. The average Bonchev–Trinajstić information content (AvgIpc) is 2.71. The first-order chi connectivity index (χ1) is 13.8. The summed E-state index contributed by atoms with van der Waals surface area (Å²) in [5.41, 5.74) is 0. The van der Waals surface area contributed by atoms with Crippen LogP contribution in [0.1, 0.15) is 70.6 Å². The first-order valence-electron chi connectivity index (χ1n) is 11.3.